The highest BCUT2D eigenvalue weighted by Gasteiger charge is 2.31. The number of carbonyl (C=O) groups is 2. The quantitative estimate of drug-likeness (QED) is 0.421. The Morgan fingerprint density at radius 2 is 1.89 bits per heavy atom. The van der Waals surface area contributed by atoms with Crippen molar-refractivity contribution in [2.24, 2.45) is 0 Å². The molecular weight excluding hydrogens is 346 g/mol. The summed E-state index contributed by atoms with van der Waals surface area (Å²) in [6.07, 6.45) is 6.00. The molecule has 0 radical (unpaired) electrons. The SMILES string of the molecule is CC(=O)c1ccccc1OCCOC(=O)C1CCCCN1c1ncccn1. The first kappa shape index (κ1) is 18.8. The predicted molar refractivity (Wildman–Crippen MR) is 99.9 cm³/mol. The number of ketones is 1. The summed E-state index contributed by atoms with van der Waals surface area (Å²) in [5, 5.41) is 0. The van der Waals surface area contributed by atoms with E-state index in [0.29, 0.717) is 23.7 Å². The van der Waals surface area contributed by atoms with E-state index in [1.54, 1.807) is 42.7 Å². The van der Waals surface area contributed by atoms with E-state index >= 15 is 0 Å². The molecule has 0 N–H and O–H groups in total. The van der Waals surface area contributed by atoms with Crippen molar-refractivity contribution in [2.75, 3.05) is 24.7 Å². The van der Waals surface area contributed by atoms with E-state index in [4.69, 9.17) is 9.47 Å². The van der Waals surface area contributed by atoms with Gasteiger partial charge in [-0.25, -0.2) is 14.8 Å². The van der Waals surface area contributed by atoms with E-state index < -0.39 is 0 Å². The number of para-hydroxylation sites is 1. The van der Waals surface area contributed by atoms with E-state index in [-0.39, 0.29) is 31.0 Å². The number of benzene rings is 1. The normalized spacial score (nSPS) is 16.6. The van der Waals surface area contributed by atoms with Crippen LogP contribution in [0.1, 0.15) is 36.5 Å². The summed E-state index contributed by atoms with van der Waals surface area (Å²) in [5.74, 6) is 0.678. The van der Waals surface area contributed by atoms with E-state index in [2.05, 4.69) is 9.97 Å². The molecule has 0 bridgehead atoms. The fourth-order valence-corrected chi connectivity index (χ4v) is 3.13. The van der Waals surface area contributed by atoms with Crippen molar-refractivity contribution in [3.05, 3.63) is 48.3 Å². The number of piperidine rings is 1. The standard InChI is InChI=1S/C20H23N3O4/c1-15(24)16-7-2-3-9-18(16)26-13-14-27-19(25)17-8-4-5-12-23(17)20-21-10-6-11-22-20/h2-3,6-7,9-11,17H,4-5,8,12-14H2,1H3. The molecule has 0 amide bonds. The van der Waals surface area contributed by atoms with Gasteiger partial charge in [0.1, 0.15) is 25.0 Å². The fraction of sp³-hybridized carbons (Fsp3) is 0.400. The molecule has 142 valence electrons. The van der Waals surface area contributed by atoms with Gasteiger partial charge in [0.2, 0.25) is 5.95 Å². The van der Waals surface area contributed by atoms with Crippen LogP contribution < -0.4 is 9.64 Å². The first-order valence-corrected chi connectivity index (χ1v) is 9.10. The van der Waals surface area contributed by atoms with Gasteiger partial charge >= 0.3 is 5.97 Å². The number of nitrogens with zero attached hydrogens (tertiary/aromatic N) is 3. The minimum atomic E-state index is -0.384. The fourth-order valence-electron chi connectivity index (χ4n) is 3.13. The third kappa shape index (κ3) is 4.81. The summed E-state index contributed by atoms with van der Waals surface area (Å²) in [7, 11) is 0. The lowest BCUT2D eigenvalue weighted by Crippen LogP contribution is -2.46. The van der Waals surface area contributed by atoms with Gasteiger partial charge < -0.3 is 14.4 Å². The molecular formula is C20H23N3O4. The minimum Gasteiger partial charge on any atom is -0.489 e. The number of rotatable bonds is 7. The highest BCUT2D eigenvalue weighted by atomic mass is 16.6. The molecule has 1 saturated heterocycles. The third-order valence-electron chi connectivity index (χ3n) is 4.44. The summed E-state index contributed by atoms with van der Waals surface area (Å²) in [6, 6.07) is 8.39. The van der Waals surface area contributed by atoms with Gasteiger partial charge in [0.25, 0.3) is 0 Å². The van der Waals surface area contributed by atoms with Gasteiger partial charge in [0, 0.05) is 18.9 Å². The van der Waals surface area contributed by atoms with Crippen LogP contribution in [0.4, 0.5) is 5.95 Å². The first-order valence-electron chi connectivity index (χ1n) is 9.10. The summed E-state index contributed by atoms with van der Waals surface area (Å²) < 4.78 is 11.0. The maximum atomic E-state index is 12.5. The van der Waals surface area contributed by atoms with Crippen molar-refractivity contribution in [1.29, 1.82) is 0 Å². The number of hydrogen-bond acceptors (Lipinski definition) is 7. The Morgan fingerprint density at radius 1 is 1.11 bits per heavy atom. The second kappa shape index (κ2) is 9.12. The van der Waals surface area contributed by atoms with Crippen LogP contribution in [-0.2, 0) is 9.53 Å². The lowest BCUT2D eigenvalue weighted by atomic mass is 10.0. The third-order valence-corrected chi connectivity index (χ3v) is 4.44. The van der Waals surface area contributed by atoms with Crippen LogP contribution in [0.25, 0.3) is 0 Å². The molecule has 7 nitrogen and oxygen atoms in total. The number of ether oxygens (including phenoxy) is 2. The van der Waals surface area contributed by atoms with Crippen LogP contribution in [0, 0.1) is 0 Å². The molecule has 2 heterocycles. The highest BCUT2D eigenvalue weighted by Crippen LogP contribution is 2.22. The van der Waals surface area contributed by atoms with Gasteiger partial charge in [0.05, 0.1) is 5.56 Å². The molecule has 0 spiro atoms. The van der Waals surface area contributed by atoms with Crippen molar-refractivity contribution in [1.82, 2.24) is 9.97 Å². The zero-order valence-electron chi connectivity index (χ0n) is 15.3. The number of anilines is 1. The Kier molecular flexibility index (Phi) is 6.35. The van der Waals surface area contributed by atoms with Crippen LogP contribution in [0.5, 0.6) is 5.75 Å². The Bertz CT molecular complexity index is 782. The van der Waals surface area contributed by atoms with Crippen LogP contribution in [0.3, 0.4) is 0 Å². The van der Waals surface area contributed by atoms with Crippen molar-refractivity contribution < 1.29 is 19.1 Å². The Balaban J connectivity index is 1.53. The van der Waals surface area contributed by atoms with Crippen molar-refractivity contribution in [3.8, 4) is 5.75 Å². The zero-order valence-corrected chi connectivity index (χ0v) is 15.3. The van der Waals surface area contributed by atoms with Gasteiger partial charge in [-0.2, -0.15) is 0 Å². The Labute approximate surface area is 158 Å². The molecule has 1 aromatic carbocycles. The van der Waals surface area contributed by atoms with Crippen molar-refractivity contribution in [2.45, 2.75) is 32.2 Å². The Hall–Kier alpha value is -2.96. The first-order chi connectivity index (χ1) is 13.2. The molecule has 1 aromatic heterocycles. The van der Waals surface area contributed by atoms with Crippen LogP contribution >= 0.6 is 0 Å². The topological polar surface area (TPSA) is 81.6 Å². The zero-order chi connectivity index (χ0) is 19.1. The summed E-state index contributed by atoms with van der Waals surface area (Å²) in [4.78, 5) is 34.5. The molecule has 3 rings (SSSR count). The lowest BCUT2D eigenvalue weighted by molar-refractivity contribution is -0.146. The van der Waals surface area contributed by atoms with E-state index in [1.807, 2.05) is 4.90 Å². The van der Waals surface area contributed by atoms with Crippen LogP contribution in [0.2, 0.25) is 0 Å². The van der Waals surface area contributed by atoms with Crippen LogP contribution in [0.15, 0.2) is 42.7 Å². The molecule has 1 aliphatic heterocycles. The van der Waals surface area contributed by atoms with Gasteiger partial charge in [-0.3, -0.25) is 4.79 Å². The second-order valence-electron chi connectivity index (χ2n) is 6.32. The monoisotopic (exact) mass is 369 g/mol. The van der Waals surface area contributed by atoms with Gasteiger partial charge in [-0.05, 0) is 44.4 Å². The molecule has 1 atom stereocenters. The van der Waals surface area contributed by atoms with Gasteiger partial charge in [-0.15, -0.1) is 0 Å². The van der Waals surface area contributed by atoms with Gasteiger partial charge in [-0.1, -0.05) is 12.1 Å². The van der Waals surface area contributed by atoms with E-state index in [9.17, 15) is 9.59 Å². The lowest BCUT2D eigenvalue weighted by Gasteiger charge is -2.33. The smallest absolute Gasteiger partial charge is 0.328 e. The Morgan fingerprint density at radius 3 is 2.67 bits per heavy atom. The van der Waals surface area contributed by atoms with Crippen molar-refractivity contribution >= 4 is 17.7 Å². The van der Waals surface area contributed by atoms with Crippen molar-refractivity contribution in [3.63, 3.8) is 0 Å². The minimum absolute atomic E-state index is 0.0664. The molecule has 1 fully saturated rings. The number of Topliss-reactive ketones (excluding diaryl/α,β-unsaturated/α-hetero) is 1. The second-order valence-corrected chi connectivity index (χ2v) is 6.32. The molecule has 0 aliphatic carbocycles. The van der Waals surface area contributed by atoms with E-state index in [0.717, 1.165) is 19.4 Å². The predicted octanol–water partition coefficient (Wildman–Crippen LogP) is 2.66. The summed E-state index contributed by atoms with van der Waals surface area (Å²) in [5.41, 5.74) is 0.517. The molecule has 7 heteroatoms. The van der Waals surface area contributed by atoms with Gasteiger partial charge in [0.15, 0.2) is 5.78 Å². The molecule has 1 unspecified atom stereocenters. The maximum absolute atomic E-state index is 12.5. The molecule has 1 aliphatic rings. The number of aromatic nitrogens is 2. The summed E-state index contributed by atoms with van der Waals surface area (Å²) >= 11 is 0. The molecule has 27 heavy (non-hydrogen) atoms. The number of carbonyl (C=O) groups excluding carboxylic acids is 2. The molecule has 0 saturated carbocycles. The molecule has 2 aromatic rings. The number of esters is 1. The maximum Gasteiger partial charge on any atom is 0.328 e. The average Bonchev–Trinajstić information content (AvgIpc) is 2.72. The van der Waals surface area contributed by atoms with E-state index in [1.165, 1.54) is 6.92 Å². The number of hydrogen-bond donors (Lipinski definition) is 0. The average molecular weight is 369 g/mol. The largest absolute Gasteiger partial charge is 0.489 e. The summed E-state index contributed by atoms with van der Waals surface area (Å²) in [6.45, 7) is 2.52. The highest BCUT2D eigenvalue weighted by molar-refractivity contribution is 5.96. The van der Waals surface area contributed by atoms with Crippen LogP contribution in [-0.4, -0.2) is 47.5 Å².